The highest BCUT2D eigenvalue weighted by molar-refractivity contribution is 7.89. The number of carbonyl (C=O) groups excluding carboxylic acids is 2. The lowest BCUT2D eigenvalue weighted by atomic mass is 10.1. The number of rotatable bonds is 8. The normalized spacial score (nSPS) is 11.2. The molecule has 0 spiro atoms. The van der Waals surface area contributed by atoms with Crippen LogP contribution in [0.4, 0.5) is 0 Å². The first-order valence-corrected chi connectivity index (χ1v) is 10.2. The maximum atomic E-state index is 12.2. The van der Waals surface area contributed by atoms with Gasteiger partial charge in [-0.1, -0.05) is 49.2 Å². The summed E-state index contributed by atoms with van der Waals surface area (Å²) in [7, 11) is -2.59. The number of benzene rings is 2. The highest BCUT2D eigenvalue weighted by Gasteiger charge is 2.19. The second kappa shape index (κ2) is 9.12. The van der Waals surface area contributed by atoms with Crippen LogP contribution in [0.1, 0.15) is 39.6 Å². The monoisotopic (exact) mass is 409 g/mol. The van der Waals surface area contributed by atoms with Crippen molar-refractivity contribution < 1.29 is 22.7 Å². The minimum Gasteiger partial charge on any atom is -0.454 e. The molecule has 0 aliphatic heterocycles. The molecule has 144 valence electrons. The lowest BCUT2D eigenvalue weighted by Gasteiger charge is -2.08. The van der Waals surface area contributed by atoms with Gasteiger partial charge in [-0.15, -0.1) is 0 Å². The summed E-state index contributed by atoms with van der Waals surface area (Å²) in [6, 6.07) is 10.9. The number of sulfonamides is 1. The van der Waals surface area contributed by atoms with Gasteiger partial charge in [-0.05, 0) is 37.2 Å². The average molecular weight is 410 g/mol. The van der Waals surface area contributed by atoms with Crippen LogP contribution in [0.5, 0.6) is 0 Å². The van der Waals surface area contributed by atoms with Crippen LogP contribution >= 0.6 is 11.6 Å². The largest absolute Gasteiger partial charge is 0.454 e. The van der Waals surface area contributed by atoms with Gasteiger partial charge in [0.2, 0.25) is 10.0 Å². The Morgan fingerprint density at radius 1 is 1.07 bits per heavy atom. The molecule has 0 aliphatic carbocycles. The average Bonchev–Trinajstić information content (AvgIpc) is 2.67. The Balaban J connectivity index is 2.07. The Bertz CT molecular complexity index is 939. The van der Waals surface area contributed by atoms with Crippen LogP contribution in [-0.2, 0) is 21.2 Å². The summed E-state index contributed by atoms with van der Waals surface area (Å²) in [6.07, 6.45) is 1.94. The first kappa shape index (κ1) is 21.1. The number of Topliss-reactive ketones (excluding diaryl/α,β-unsaturated/α-hetero) is 1. The van der Waals surface area contributed by atoms with E-state index in [1.165, 1.54) is 19.2 Å². The van der Waals surface area contributed by atoms with E-state index in [4.69, 9.17) is 16.3 Å². The number of carbonyl (C=O) groups is 2. The quantitative estimate of drug-likeness (QED) is 0.534. The second-order valence-corrected chi connectivity index (χ2v) is 8.06. The van der Waals surface area contributed by atoms with Crippen molar-refractivity contribution in [2.75, 3.05) is 13.7 Å². The fraction of sp³-hybridized carbons (Fsp3) is 0.263. The molecule has 1 N–H and O–H groups in total. The predicted octanol–water partition coefficient (Wildman–Crippen LogP) is 3.24. The zero-order chi connectivity index (χ0) is 20.0. The van der Waals surface area contributed by atoms with Gasteiger partial charge < -0.3 is 4.74 Å². The molecule has 2 rings (SSSR count). The van der Waals surface area contributed by atoms with E-state index >= 15 is 0 Å². The van der Waals surface area contributed by atoms with Crippen molar-refractivity contribution in [2.24, 2.45) is 0 Å². The van der Waals surface area contributed by atoms with E-state index in [9.17, 15) is 18.0 Å². The molecule has 0 atom stereocenters. The zero-order valence-electron chi connectivity index (χ0n) is 15.0. The molecule has 0 aromatic heterocycles. The van der Waals surface area contributed by atoms with E-state index in [-0.39, 0.29) is 21.3 Å². The lowest BCUT2D eigenvalue weighted by molar-refractivity contribution is 0.0474. The number of halogens is 1. The predicted molar refractivity (Wildman–Crippen MR) is 103 cm³/mol. The Morgan fingerprint density at radius 3 is 2.30 bits per heavy atom. The number of hydrogen-bond acceptors (Lipinski definition) is 5. The van der Waals surface area contributed by atoms with Gasteiger partial charge >= 0.3 is 5.97 Å². The van der Waals surface area contributed by atoms with Crippen LogP contribution in [0.25, 0.3) is 0 Å². The van der Waals surface area contributed by atoms with Gasteiger partial charge in [0.1, 0.15) is 4.90 Å². The van der Waals surface area contributed by atoms with Crippen molar-refractivity contribution >= 4 is 33.4 Å². The summed E-state index contributed by atoms with van der Waals surface area (Å²) in [4.78, 5) is 24.1. The molecule has 0 amide bonds. The molecule has 8 heteroatoms. The third-order valence-corrected chi connectivity index (χ3v) is 5.77. The number of nitrogens with one attached hydrogen (secondary N) is 1. The molecule has 0 heterocycles. The summed E-state index contributed by atoms with van der Waals surface area (Å²) < 4.78 is 31.0. The van der Waals surface area contributed by atoms with Gasteiger partial charge in [0.05, 0.1) is 10.6 Å². The second-order valence-electron chi connectivity index (χ2n) is 5.80. The Morgan fingerprint density at radius 2 is 1.70 bits per heavy atom. The van der Waals surface area contributed by atoms with Crippen molar-refractivity contribution in [2.45, 2.75) is 24.7 Å². The van der Waals surface area contributed by atoms with E-state index in [1.807, 2.05) is 12.1 Å². The summed E-state index contributed by atoms with van der Waals surface area (Å²) in [5.41, 5.74) is 1.56. The molecular formula is C19H20ClNO5S. The molecule has 0 unspecified atom stereocenters. The first-order chi connectivity index (χ1) is 12.8. The molecule has 0 fully saturated rings. The fourth-order valence-electron chi connectivity index (χ4n) is 2.39. The van der Waals surface area contributed by atoms with Crippen LogP contribution in [0.3, 0.4) is 0 Å². The molecule has 2 aromatic rings. The third kappa shape index (κ3) is 5.38. The van der Waals surface area contributed by atoms with Crippen LogP contribution < -0.4 is 4.72 Å². The van der Waals surface area contributed by atoms with Crippen LogP contribution in [0.2, 0.25) is 5.02 Å². The van der Waals surface area contributed by atoms with E-state index in [0.717, 1.165) is 24.5 Å². The Kier molecular flexibility index (Phi) is 7.12. The molecule has 0 bridgehead atoms. The maximum Gasteiger partial charge on any atom is 0.338 e. The Labute approximate surface area is 163 Å². The smallest absolute Gasteiger partial charge is 0.338 e. The van der Waals surface area contributed by atoms with Crippen LogP contribution in [0, 0.1) is 0 Å². The van der Waals surface area contributed by atoms with Gasteiger partial charge in [-0.3, -0.25) is 4.79 Å². The van der Waals surface area contributed by atoms with E-state index in [1.54, 1.807) is 12.1 Å². The van der Waals surface area contributed by atoms with Gasteiger partial charge in [0, 0.05) is 5.56 Å². The maximum absolute atomic E-state index is 12.2. The van der Waals surface area contributed by atoms with Gasteiger partial charge in [-0.2, -0.15) is 0 Å². The molecule has 0 saturated heterocycles. The van der Waals surface area contributed by atoms with Crippen molar-refractivity contribution in [3.63, 3.8) is 0 Å². The van der Waals surface area contributed by atoms with Gasteiger partial charge in [-0.25, -0.2) is 17.9 Å². The molecule has 0 aliphatic rings. The van der Waals surface area contributed by atoms with Crippen LogP contribution in [0.15, 0.2) is 47.4 Å². The minimum atomic E-state index is -3.82. The summed E-state index contributed by atoms with van der Waals surface area (Å²) in [5, 5.41) is -0.0239. The highest BCUT2D eigenvalue weighted by Crippen LogP contribution is 2.22. The van der Waals surface area contributed by atoms with Gasteiger partial charge in [0.15, 0.2) is 12.4 Å². The number of esters is 1. The van der Waals surface area contributed by atoms with Crippen molar-refractivity contribution in [1.29, 1.82) is 0 Å². The van der Waals surface area contributed by atoms with Gasteiger partial charge in [0.25, 0.3) is 0 Å². The topological polar surface area (TPSA) is 89.5 Å². The molecule has 6 nitrogen and oxygen atoms in total. The Hall–Kier alpha value is -2.22. The molecule has 0 saturated carbocycles. The minimum absolute atomic E-state index is 0.0145. The summed E-state index contributed by atoms with van der Waals surface area (Å²) in [6.45, 7) is 1.63. The molecule has 27 heavy (non-hydrogen) atoms. The number of ketones is 1. The standard InChI is InChI=1S/C19H20ClNO5S/c1-3-4-13-5-7-14(8-6-13)17(22)12-26-19(23)15-9-10-16(20)18(11-15)27(24,25)21-2/h5-11,21H,3-4,12H2,1-2H3. The summed E-state index contributed by atoms with van der Waals surface area (Å²) >= 11 is 5.88. The van der Waals surface area contributed by atoms with E-state index < -0.39 is 22.6 Å². The van der Waals surface area contributed by atoms with Crippen molar-refractivity contribution in [3.8, 4) is 0 Å². The summed E-state index contributed by atoms with van der Waals surface area (Å²) in [5.74, 6) is -1.15. The number of ether oxygens (including phenoxy) is 1. The van der Waals surface area contributed by atoms with E-state index in [0.29, 0.717) is 5.56 Å². The van der Waals surface area contributed by atoms with Crippen molar-refractivity contribution in [1.82, 2.24) is 4.72 Å². The molecule has 2 aromatic carbocycles. The zero-order valence-corrected chi connectivity index (χ0v) is 16.6. The number of hydrogen-bond donors (Lipinski definition) is 1. The first-order valence-electron chi connectivity index (χ1n) is 8.31. The molecule has 0 radical (unpaired) electrons. The van der Waals surface area contributed by atoms with E-state index in [2.05, 4.69) is 11.6 Å². The highest BCUT2D eigenvalue weighted by atomic mass is 35.5. The number of aryl methyl sites for hydroxylation is 1. The SMILES string of the molecule is CCCc1ccc(C(=O)COC(=O)c2ccc(Cl)c(S(=O)(=O)NC)c2)cc1. The van der Waals surface area contributed by atoms with Crippen LogP contribution in [-0.4, -0.2) is 33.8 Å². The third-order valence-electron chi connectivity index (χ3n) is 3.87. The lowest BCUT2D eigenvalue weighted by Crippen LogP contribution is -2.20. The van der Waals surface area contributed by atoms with Crippen molar-refractivity contribution in [3.05, 3.63) is 64.2 Å². The fourth-order valence-corrected chi connectivity index (χ4v) is 3.64. The molecular weight excluding hydrogens is 390 g/mol.